The van der Waals surface area contributed by atoms with Crippen LogP contribution in [-0.4, -0.2) is 16.7 Å². The molecule has 1 aliphatic rings. The van der Waals surface area contributed by atoms with Gasteiger partial charge in [0.25, 0.3) is 11.6 Å². The van der Waals surface area contributed by atoms with Crippen molar-refractivity contribution in [3.8, 4) is 0 Å². The van der Waals surface area contributed by atoms with Crippen LogP contribution in [0.25, 0.3) is 0 Å². The summed E-state index contributed by atoms with van der Waals surface area (Å²) in [5.74, 6) is -0.701. The first-order valence-electron chi connectivity index (χ1n) is 3.04. The van der Waals surface area contributed by atoms with Crippen LogP contribution < -0.4 is 16.8 Å². The molecule has 1 amide bonds. The number of hydrogen-bond acceptors (Lipinski definition) is 4. The number of rotatable bonds is 2. The van der Waals surface area contributed by atoms with E-state index >= 15 is 0 Å². The molecule has 1 heterocycles. The maximum Gasteiger partial charge on any atom is 0.272 e. The molecule has 0 saturated heterocycles. The second-order valence-corrected chi connectivity index (χ2v) is 2.59. The number of nitrogens with one attached hydrogen (secondary N) is 1. The molecule has 1 aliphatic heterocycles. The van der Waals surface area contributed by atoms with E-state index in [9.17, 15) is 4.79 Å². The zero-order valence-electron chi connectivity index (χ0n) is 6.02. The van der Waals surface area contributed by atoms with Crippen molar-refractivity contribution in [1.82, 2.24) is 5.32 Å². The van der Waals surface area contributed by atoms with Crippen molar-refractivity contribution >= 4 is 23.2 Å². The topological polar surface area (TPSA) is 106 Å². The lowest BCUT2D eigenvalue weighted by molar-refractivity contribution is -0.121. The van der Waals surface area contributed by atoms with E-state index in [1.54, 1.807) is 0 Å². The SMILES string of the molecule is NC(=O)C1(NC(N)=S)C=CN=N1. The number of carbonyl (C=O) groups excluding carboxylic acids is 1. The third-order valence-electron chi connectivity index (χ3n) is 1.29. The fourth-order valence-corrected chi connectivity index (χ4v) is 0.902. The summed E-state index contributed by atoms with van der Waals surface area (Å²) < 4.78 is 0. The first-order chi connectivity index (χ1) is 5.57. The van der Waals surface area contributed by atoms with Crippen LogP contribution in [0.3, 0.4) is 0 Å². The van der Waals surface area contributed by atoms with Crippen LogP contribution >= 0.6 is 12.2 Å². The summed E-state index contributed by atoms with van der Waals surface area (Å²) in [6.07, 6.45) is 2.73. The van der Waals surface area contributed by atoms with Gasteiger partial charge in [0.1, 0.15) is 0 Å². The molecule has 0 spiro atoms. The first-order valence-corrected chi connectivity index (χ1v) is 3.45. The Labute approximate surface area is 73.7 Å². The molecule has 6 nitrogen and oxygen atoms in total. The lowest BCUT2D eigenvalue weighted by atomic mass is 10.2. The molecular weight excluding hydrogens is 178 g/mol. The number of carbonyl (C=O) groups is 1. The maximum absolute atomic E-state index is 10.9. The van der Waals surface area contributed by atoms with Crippen LogP contribution in [0.2, 0.25) is 0 Å². The van der Waals surface area contributed by atoms with Crippen LogP contribution in [0.1, 0.15) is 0 Å². The number of primary amides is 1. The monoisotopic (exact) mass is 185 g/mol. The van der Waals surface area contributed by atoms with E-state index in [2.05, 4.69) is 27.8 Å². The summed E-state index contributed by atoms with van der Waals surface area (Å²) in [6, 6.07) is 0. The Hall–Kier alpha value is -1.50. The lowest BCUT2D eigenvalue weighted by Gasteiger charge is -2.19. The Morgan fingerprint density at radius 1 is 1.58 bits per heavy atom. The maximum atomic E-state index is 10.9. The standard InChI is InChI=1S/C5H7N5OS/c6-3(11)5(9-4(7)12)1-2-8-10-5/h1-2H,(H2,6,11)(H3,7,9,12). The summed E-state index contributed by atoms with van der Waals surface area (Å²) in [4.78, 5) is 10.9. The van der Waals surface area contributed by atoms with Crippen molar-refractivity contribution in [2.45, 2.75) is 5.66 Å². The molecule has 0 aliphatic carbocycles. The number of nitrogens with two attached hydrogens (primary N) is 2. The van der Waals surface area contributed by atoms with Gasteiger partial charge < -0.3 is 16.8 Å². The highest BCUT2D eigenvalue weighted by Gasteiger charge is 2.36. The van der Waals surface area contributed by atoms with E-state index in [4.69, 9.17) is 11.5 Å². The van der Waals surface area contributed by atoms with Gasteiger partial charge in [0, 0.05) is 0 Å². The molecular formula is C5H7N5OS. The summed E-state index contributed by atoms with van der Waals surface area (Å²) in [7, 11) is 0. The Bertz CT molecular complexity index is 272. The zero-order valence-corrected chi connectivity index (χ0v) is 6.84. The van der Waals surface area contributed by atoms with Crippen molar-refractivity contribution in [2.75, 3.05) is 0 Å². The van der Waals surface area contributed by atoms with Crippen molar-refractivity contribution in [2.24, 2.45) is 21.7 Å². The quantitative estimate of drug-likeness (QED) is 0.479. The Kier molecular flexibility index (Phi) is 2.05. The van der Waals surface area contributed by atoms with E-state index in [0.717, 1.165) is 0 Å². The molecule has 5 N–H and O–H groups in total. The van der Waals surface area contributed by atoms with E-state index in [-0.39, 0.29) is 5.11 Å². The molecule has 0 aromatic rings. The zero-order chi connectivity index (χ0) is 9.19. The molecule has 0 fully saturated rings. The summed E-state index contributed by atoms with van der Waals surface area (Å²) in [5, 5.41) is 9.43. The van der Waals surface area contributed by atoms with Crippen LogP contribution in [-0.2, 0) is 4.79 Å². The highest BCUT2D eigenvalue weighted by molar-refractivity contribution is 7.80. The summed E-state index contributed by atoms with van der Waals surface area (Å²) in [6.45, 7) is 0. The normalized spacial score (nSPS) is 25.7. The second kappa shape index (κ2) is 2.86. The van der Waals surface area contributed by atoms with Gasteiger partial charge in [-0.05, 0) is 18.3 Å². The predicted octanol–water partition coefficient (Wildman–Crippen LogP) is -1.02. The second-order valence-electron chi connectivity index (χ2n) is 2.15. The van der Waals surface area contributed by atoms with Crippen molar-refractivity contribution in [3.63, 3.8) is 0 Å². The number of thiocarbonyl (C=S) groups is 1. The minimum atomic E-state index is -1.38. The fourth-order valence-electron chi connectivity index (χ4n) is 0.746. The number of hydrogen-bond donors (Lipinski definition) is 3. The van der Waals surface area contributed by atoms with Gasteiger partial charge in [-0.25, -0.2) is 0 Å². The van der Waals surface area contributed by atoms with Crippen LogP contribution in [0.5, 0.6) is 0 Å². The number of azo groups is 1. The van der Waals surface area contributed by atoms with E-state index in [1.807, 2.05) is 0 Å². The highest BCUT2D eigenvalue weighted by Crippen LogP contribution is 2.14. The van der Waals surface area contributed by atoms with Crippen LogP contribution in [0, 0.1) is 0 Å². The third kappa shape index (κ3) is 1.40. The van der Waals surface area contributed by atoms with Crippen LogP contribution in [0.15, 0.2) is 22.5 Å². The van der Waals surface area contributed by atoms with Crippen molar-refractivity contribution in [3.05, 3.63) is 12.3 Å². The van der Waals surface area contributed by atoms with Crippen molar-refractivity contribution in [1.29, 1.82) is 0 Å². The molecule has 0 radical (unpaired) electrons. The molecule has 0 saturated carbocycles. The predicted molar refractivity (Wildman–Crippen MR) is 45.8 cm³/mol. The van der Waals surface area contributed by atoms with Crippen LogP contribution in [0.4, 0.5) is 0 Å². The van der Waals surface area contributed by atoms with Gasteiger partial charge in [-0.3, -0.25) is 4.79 Å². The van der Waals surface area contributed by atoms with Crippen molar-refractivity contribution < 1.29 is 4.79 Å². The van der Waals surface area contributed by atoms with Gasteiger partial charge in [0.2, 0.25) is 0 Å². The van der Waals surface area contributed by atoms with Gasteiger partial charge in [0.05, 0.1) is 6.20 Å². The minimum absolute atomic E-state index is 0.0562. The van der Waals surface area contributed by atoms with E-state index < -0.39 is 11.6 Å². The molecule has 0 aromatic carbocycles. The van der Waals surface area contributed by atoms with E-state index in [1.165, 1.54) is 12.3 Å². The molecule has 12 heavy (non-hydrogen) atoms. The lowest BCUT2D eigenvalue weighted by Crippen LogP contribution is -2.55. The van der Waals surface area contributed by atoms with Gasteiger partial charge >= 0.3 is 0 Å². The molecule has 1 atom stereocenters. The summed E-state index contributed by atoms with van der Waals surface area (Å²) >= 11 is 4.55. The third-order valence-corrected chi connectivity index (χ3v) is 1.39. The van der Waals surface area contributed by atoms with Gasteiger partial charge in [-0.2, -0.15) is 5.11 Å². The molecule has 64 valence electrons. The molecule has 0 aromatic heterocycles. The number of amides is 1. The average molecular weight is 185 g/mol. The molecule has 7 heteroatoms. The minimum Gasteiger partial charge on any atom is -0.376 e. The summed E-state index contributed by atoms with van der Waals surface area (Å²) in [5.41, 5.74) is 8.85. The van der Waals surface area contributed by atoms with E-state index in [0.29, 0.717) is 0 Å². The Balaban J connectivity index is 2.88. The highest BCUT2D eigenvalue weighted by atomic mass is 32.1. The Morgan fingerprint density at radius 2 is 2.25 bits per heavy atom. The smallest absolute Gasteiger partial charge is 0.272 e. The first kappa shape index (κ1) is 8.60. The van der Waals surface area contributed by atoms with Gasteiger partial charge in [-0.1, -0.05) is 0 Å². The largest absolute Gasteiger partial charge is 0.376 e. The van der Waals surface area contributed by atoms with Gasteiger partial charge in [-0.15, -0.1) is 5.11 Å². The molecule has 0 bridgehead atoms. The number of nitrogens with zero attached hydrogens (tertiary/aromatic N) is 2. The fraction of sp³-hybridized carbons (Fsp3) is 0.200. The Morgan fingerprint density at radius 3 is 2.58 bits per heavy atom. The van der Waals surface area contributed by atoms with Gasteiger partial charge in [0.15, 0.2) is 5.11 Å². The molecule has 1 rings (SSSR count). The molecule has 1 unspecified atom stereocenters. The average Bonchev–Trinajstić information content (AvgIpc) is 2.35.